The van der Waals surface area contributed by atoms with Crippen molar-refractivity contribution in [1.29, 1.82) is 0 Å². The molecule has 14 heteroatoms. The van der Waals surface area contributed by atoms with E-state index in [1.807, 2.05) is 47.0 Å². The van der Waals surface area contributed by atoms with Gasteiger partial charge in [0.15, 0.2) is 0 Å². The number of aryl methyl sites for hydroxylation is 1. The Bertz CT molecular complexity index is 1540. The van der Waals surface area contributed by atoms with E-state index in [2.05, 4.69) is 35.5 Å². The minimum absolute atomic E-state index is 0.118. The number of piperidine rings is 1. The molecule has 0 N–H and O–H groups in total. The molecule has 0 atom stereocenters. The number of halogens is 3. The molecular weight excluding hydrogens is 501 g/mol. The average molecular weight is 522 g/mol. The van der Waals surface area contributed by atoms with E-state index in [0.717, 1.165) is 40.2 Å². The van der Waals surface area contributed by atoms with Gasteiger partial charge in [0.05, 0.1) is 11.3 Å². The second-order valence-electron chi connectivity index (χ2n) is 8.90. The number of hydrogen-bond acceptors (Lipinski definition) is 9. The van der Waals surface area contributed by atoms with Crippen LogP contribution in [0.25, 0.3) is 27.8 Å². The van der Waals surface area contributed by atoms with E-state index in [1.54, 1.807) is 4.68 Å². The van der Waals surface area contributed by atoms with Gasteiger partial charge < -0.3 is 14.2 Å². The smallest absolute Gasteiger partial charge is 0.419 e. The maximum atomic E-state index is 12.8. The Morgan fingerprint density at radius 3 is 2.37 bits per heavy atom. The topological polar surface area (TPSA) is 113 Å². The molecular formula is C24H21F3N10O. The normalized spacial score (nSPS) is 14.8. The Kier molecular flexibility index (Phi) is 5.85. The van der Waals surface area contributed by atoms with Crippen LogP contribution in [0.4, 0.5) is 19.1 Å². The molecule has 6 rings (SSSR count). The van der Waals surface area contributed by atoms with Gasteiger partial charge in [0.1, 0.15) is 29.8 Å². The maximum absolute atomic E-state index is 12.8. The van der Waals surface area contributed by atoms with E-state index < -0.39 is 11.7 Å². The van der Waals surface area contributed by atoms with E-state index in [9.17, 15) is 13.2 Å². The standard InChI is InChI=1S/C24H21F3N10O/c1-35-12-19(15-2-4-17(5-3-15)37-14-32-33-34-37)20-21(35)22(31-13-30-20)38-18-6-8-36(9-7-18)23-28-10-16(11-29-23)24(25,26)27/h2-5,10-14,18H,6-9H2,1H3. The number of alkyl halides is 3. The van der Waals surface area contributed by atoms with Crippen LogP contribution in [0.15, 0.2) is 55.5 Å². The Hall–Kier alpha value is -4.62. The zero-order chi connectivity index (χ0) is 26.3. The van der Waals surface area contributed by atoms with Crippen LogP contribution in [-0.2, 0) is 13.2 Å². The molecule has 1 saturated heterocycles. The van der Waals surface area contributed by atoms with Gasteiger partial charge in [-0.1, -0.05) is 12.1 Å². The molecule has 38 heavy (non-hydrogen) atoms. The molecule has 11 nitrogen and oxygen atoms in total. The summed E-state index contributed by atoms with van der Waals surface area (Å²) in [5.41, 5.74) is 3.43. The number of hydrogen-bond donors (Lipinski definition) is 0. The number of benzene rings is 1. The van der Waals surface area contributed by atoms with Gasteiger partial charge in [-0.15, -0.1) is 5.10 Å². The van der Waals surface area contributed by atoms with Crippen molar-refractivity contribution in [1.82, 2.24) is 44.7 Å². The van der Waals surface area contributed by atoms with Gasteiger partial charge in [0, 0.05) is 57.1 Å². The summed E-state index contributed by atoms with van der Waals surface area (Å²) in [4.78, 5) is 18.6. The molecule has 0 amide bonds. The van der Waals surface area contributed by atoms with Crippen LogP contribution in [0.5, 0.6) is 5.88 Å². The monoisotopic (exact) mass is 522 g/mol. The van der Waals surface area contributed by atoms with Gasteiger partial charge in [-0.25, -0.2) is 19.6 Å². The molecule has 1 fully saturated rings. The fourth-order valence-electron chi connectivity index (χ4n) is 4.53. The number of ether oxygens (including phenoxy) is 1. The minimum atomic E-state index is -4.46. The van der Waals surface area contributed by atoms with Crippen molar-refractivity contribution in [2.45, 2.75) is 25.1 Å². The summed E-state index contributed by atoms with van der Waals surface area (Å²) in [5, 5.41) is 11.2. The third-order valence-electron chi connectivity index (χ3n) is 6.48. The van der Waals surface area contributed by atoms with Crippen LogP contribution in [0, 0.1) is 0 Å². The number of tetrazole rings is 1. The first-order valence-corrected chi connectivity index (χ1v) is 11.8. The fraction of sp³-hybridized carbons (Fsp3) is 0.292. The van der Waals surface area contributed by atoms with Gasteiger partial charge in [-0.2, -0.15) is 18.2 Å². The molecule has 0 unspecified atom stereocenters. The summed E-state index contributed by atoms with van der Waals surface area (Å²) in [6.07, 6.45) is 3.35. The highest BCUT2D eigenvalue weighted by Crippen LogP contribution is 2.34. The first-order valence-electron chi connectivity index (χ1n) is 11.8. The van der Waals surface area contributed by atoms with Crippen molar-refractivity contribution < 1.29 is 17.9 Å². The van der Waals surface area contributed by atoms with Crippen LogP contribution in [0.1, 0.15) is 18.4 Å². The number of rotatable bonds is 5. The number of fused-ring (bicyclic) bond motifs is 1. The van der Waals surface area contributed by atoms with Gasteiger partial charge in [0.2, 0.25) is 11.8 Å². The summed E-state index contributed by atoms with van der Waals surface area (Å²) in [6, 6.07) is 7.81. The van der Waals surface area contributed by atoms with Gasteiger partial charge in [0.25, 0.3) is 0 Å². The molecule has 1 aromatic carbocycles. The molecule has 0 aliphatic carbocycles. The summed E-state index contributed by atoms with van der Waals surface area (Å²) in [5.74, 6) is 0.761. The molecule has 0 saturated carbocycles. The predicted molar refractivity (Wildman–Crippen MR) is 130 cm³/mol. The highest BCUT2D eigenvalue weighted by molar-refractivity contribution is 5.95. The molecule has 5 heterocycles. The van der Waals surface area contributed by atoms with Crippen LogP contribution in [-0.4, -0.2) is 63.9 Å². The van der Waals surface area contributed by atoms with E-state index >= 15 is 0 Å². The first kappa shape index (κ1) is 23.8. The van der Waals surface area contributed by atoms with E-state index in [-0.39, 0.29) is 12.1 Å². The molecule has 0 spiro atoms. The fourth-order valence-corrected chi connectivity index (χ4v) is 4.53. The maximum Gasteiger partial charge on any atom is 0.419 e. The van der Waals surface area contributed by atoms with Crippen molar-refractivity contribution in [3.63, 3.8) is 0 Å². The Morgan fingerprint density at radius 1 is 0.974 bits per heavy atom. The summed E-state index contributed by atoms with van der Waals surface area (Å²) in [6.45, 7) is 1.10. The van der Waals surface area contributed by atoms with Crippen LogP contribution in [0.3, 0.4) is 0 Å². The largest absolute Gasteiger partial charge is 0.473 e. The second kappa shape index (κ2) is 9.36. The molecule has 0 bridgehead atoms. The van der Waals surface area contributed by atoms with Gasteiger partial charge in [-0.3, -0.25) is 0 Å². The van der Waals surface area contributed by atoms with Crippen molar-refractivity contribution in [2.75, 3.05) is 18.0 Å². The Morgan fingerprint density at radius 2 is 1.71 bits per heavy atom. The zero-order valence-electron chi connectivity index (χ0n) is 20.1. The van der Waals surface area contributed by atoms with E-state index in [1.165, 1.54) is 12.7 Å². The van der Waals surface area contributed by atoms with E-state index in [0.29, 0.717) is 31.8 Å². The summed E-state index contributed by atoms with van der Waals surface area (Å²) < 4.78 is 48.2. The highest BCUT2D eigenvalue weighted by atomic mass is 19.4. The van der Waals surface area contributed by atoms with Gasteiger partial charge >= 0.3 is 6.18 Å². The summed E-state index contributed by atoms with van der Waals surface area (Å²) in [7, 11) is 1.92. The lowest BCUT2D eigenvalue weighted by Crippen LogP contribution is -2.39. The molecule has 194 valence electrons. The number of nitrogens with zero attached hydrogens (tertiary/aromatic N) is 10. The van der Waals surface area contributed by atoms with Crippen molar-refractivity contribution in [2.24, 2.45) is 7.05 Å². The second-order valence-corrected chi connectivity index (χ2v) is 8.90. The molecule has 0 radical (unpaired) electrons. The third kappa shape index (κ3) is 4.48. The molecule has 5 aromatic rings. The summed E-state index contributed by atoms with van der Waals surface area (Å²) >= 11 is 0. The number of anilines is 1. The number of aromatic nitrogens is 9. The van der Waals surface area contributed by atoms with Gasteiger partial charge in [-0.05, 0) is 28.1 Å². The predicted octanol–water partition coefficient (Wildman–Crippen LogP) is 3.47. The van der Waals surface area contributed by atoms with E-state index in [4.69, 9.17) is 4.74 Å². The van der Waals surface area contributed by atoms with Crippen molar-refractivity contribution in [3.05, 3.63) is 61.1 Å². The first-order chi connectivity index (χ1) is 18.4. The zero-order valence-corrected chi connectivity index (χ0v) is 20.1. The van der Waals surface area contributed by atoms with Crippen LogP contribution >= 0.6 is 0 Å². The molecule has 1 aliphatic heterocycles. The van der Waals surface area contributed by atoms with Crippen molar-refractivity contribution in [3.8, 4) is 22.7 Å². The quantitative estimate of drug-likeness (QED) is 0.342. The average Bonchev–Trinajstić information content (AvgIpc) is 3.58. The lowest BCUT2D eigenvalue weighted by molar-refractivity contribution is -0.138. The van der Waals surface area contributed by atoms with Crippen LogP contribution < -0.4 is 9.64 Å². The Labute approximate surface area is 213 Å². The lowest BCUT2D eigenvalue weighted by Gasteiger charge is -2.32. The molecule has 4 aromatic heterocycles. The minimum Gasteiger partial charge on any atom is -0.473 e. The lowest BCUT2D eigenvalue weighted by atomic mass is 10.1. The van der Waals surface area contributed by atoms with Crippen molar-refractivity contribution >= 4 is 17.0 Å². The Balaban J connectivity index is 1.17. The SMILES string of the molecule is Cn1cc(-c2ccc(-n3cnnn3)cc2)c2ncnc(OC3CCN(c4ncc(C(F)(F)F)cn4)CC3)c21. The van der Waals surface area contributed by atoms with Crippen LogP contribution in [0.2, 0.25) is 0 Å². The highest BCUT2D eigenvalue weighted by Gasteiger charge is 2.32. The molecule has 1 aliphatic rings. The third-order valence-corrected chi connectivity index (χ3v) is 6.48.